The molecule has 1 aromatic rings. The van der Waals surface area contributed by atoms with Crippen LogP contribution in [0.2, 0.25) is 0 Å². The van der Waals surface area contributed by atoms with E-state index in [9.17, 15) is 9.59 Å². The molecule has 6 nitrogen and oxygen atoms in total. The van der Waals surface area contributed by atoms with Gasteiger partial charge in [0.05, 0.1) is 12.2 Å². The molecule has 0 saturated carbocycles. The molecule has 0 unspecified atom stereocenters. The van der Waals surface area contributed by atoms with E-state index >= 15 is 0 Å². The number of carbonyl (C=O) groups is 2. The lowest BCUT2D eigenvalue weighted by Crippen LogP contribution is -2.33. The number of nitrogens with one attached hydrogen (secondary N) is 1. The van der Waals surface area contributed by atoms with Crippen molar-refractivity contribution in [2.75, 3.05) is 26.2 Å². The lowest BCUT2D eigenvalue weighted by atomic mass is 10.1. The Morgan fingerprint density at radius 3 is 3.10 bits per heavy atom. The SMILES string of the molecule is CCN1C[C@@H](C(=O)NCCCOCc2ccco2)CC1=O. The van der Waals surface area contributed by atoms with Gasteiger partial charge in [0, 0.05) is 32.7 Å². The normalized spacial score (nSPS) is 18.2. The summed E-state index contributed by atoms with van der Waals surface area (Å²) in [6.07, 6.45) is 2.68. The molecule has 0 spiro atoms. The highest BCUT2D eigenvalue weighted by Gasteiger charge is 2.32. The number of hydrogen-bond acceptors (Lipinski definition) is 4. The van der Waals surface area contributed by atoms with Crippen LogP contribution >= 0.6 is 0 Å². The van der Waals surface area contributed by atoms with Gasteiger partial charge >= 0.3 is 0 Å². The van der Waals surface area contributed by atoms with Crippen molar-refractivity contribution in [3.63, 3.8) is 0 Å². The zero-order valence-corrected chi connectivity index (χ0v) is 12.3. The van der Waals surface area contributed by atoms with Gasteiger partial charge in [-0.3, -0.25) is 9.59 Å². The fourth-order valence-corrected chi connectivity index (χ4v) is 2.35. The third-order valence-corrected chi connectivity index (χ3v) is 3.56. The number of likely N-dealkylation sites (tertiary alicyclic amines) is 1. The Kier molecular flexibility index (Phi) is 5.80. The van der Waals surface area contributed by atoms with Crippen molar-refractivity contribution >= 4 is 11.8 Å². The third kappa shape index (κ3) is 4.60. The smallest absolute Gasteiger partial charge is 0.225 e. The van der Waals surface area contributed by atoms with Crippen molar-refractivity contribution < 1.29 is 18.7 Å². The summed E-state index contributed by atoms with van der Waals surface area (Å²) in [5, 5.41) is 2.86. The van der Waals surface area contributed by atoms with E-state index in [2.05, 4.69) is 5.32 Å². The van der Waals surface area contributed by atoms with Crippen molar-refractivity contribution in [1.29, 1.82) is 0 Å². The fourth-order valence-electron chi connectivity index (χ4n) is 2.35. The first-order chi connectivity index (χ1) is 10.2. The van der Waals surface area contributed by atoms with Crippen molar-refractivity contribution in [3.05, 3.63) is 24.2 Å². The second kappa shape index (κ2) is 7.83. The van der Waals surface area contributed by atoms with Crippen molar-refractivity contribution in [3.8, 4) is 0 Å². The number of rotatable bonds is 8. The maximum Gasteiger partial charge on any atom is 0.225 e. The molecule has 0 aliphatic carbocycles. The van der Waals surface area contributed by atoms with Crippen LogP contribution in [0.5, 0.6) is 0 Å². The number of nitrogens with zero attached hydrogens (tertiary/aromatic N) is 1. The minimum absolute atomic E-state index is 0.0367. The van der Waals surface area contributed by atoms with E-state index in [0.717, 1.165) is 12.2 Å². The van der Waals surface area contributed by atoms with Gasteiger partial charge in [-0.15, -0.1) is 0 Å². The summed E-state index contributed by atoms with van der Waals surface area (Å²) in [5.74, 6) is 0.620. The molecule has 0 aromatic carbocycles. The highest BCUT2D eigenvalue weighted by Crippen LogP contribution is 2.17. The van der Waals surface area contributed by atoms with Gasteiger partial charge < -0.3 is 19.4 Å². The van der Waals surface area contributed by atoms with Gasteiger partial charge in [-0.25, -0.2) is 0 Å². The van der Waals surface area contributed by atoms with Crippen LogP contribution in [-0.4, -0.2) is 43.0 Å². The molecule has 6 heteroatoms. The summed E-state index contributed by atoms with van der Waals surface area (Å²) in [4.78, 5) is 25.2. The van der Waals surface area contributed by atoms with Crippen LogP contribution in [0.15, 0.2) is 22.8 Å². The molecule has 116 valence electrons. The van der Waals surface area contributed by atoms with E-state index in [1.54, 1.807) is 11.2 Å². The predicted molar refractivity (Wildman–Crippen MR) is 76.4 cm³/mol. The summed E-state index contributed by atoms with van der Waals surface area (Å²) in [6.45, 7) is 4.71. The second-order valence-corrected chi connectivity index (χ2v) is 5.11. The van der Waals surface area contributed by atoms with Gasteiger partial charge in [0.25, 0.3) is 0 Å². The van der Waals surface area contributed by atoms with E-state index < -0.39 is 0 Å². The summed E-state index contributed by atoms with van der Waals surface area (Å²) in [6, 6.07) is 3.68. The minimum Gasteiger partial charge on any atom is -0.467 e. The maximum atomic E-state index is 11.9. The molecular weight excluding hydrogens is 272 g/mol. The summed E-state index contributed by atoms with van der Waals surface area (Å²) in [7, 11) is 0. The van der Waals surface area contributed by atoms with Crippen molar-refractivity contribution in [2.45, 2.75) is 26.4 Å². The molecule has 21 heavy (non-hydrogen) atoms. The van der Waals surface area contributed by atoms with Crippen LogP contribution < -0.4 is 5.32 Å². The monoisotopic (exact) mass is 294 g/mol. The number of ether oxygens (including phenoxy) is 1. The summed E-state index contributed by atoms with van der Waals surface area (Å²) < 4.78 is 10.6. The molecule has 1 aromatic heterocycles. The van der Waals surface area contributed by atoms with Gasteiger partial charge in [-0.2, -0.15) is 0 Å². The Labute approximate surface area is 124 Å². The molecule has 1 saturated heterocycles. The highest BCUT2D eigenvalue weighted by atomic mass is 16.5. The number of carbonyl (C=O) groups excluding carboxylic acids is 2. The Hall–Kier alpha value is -1.82. The molecule has 0 radical (unpaired) electrons. The Morgan fingerprint density at radius 1 is 1.57 bits per heavy atom. The van der Waals surface area contributed by atoms with E-state index in [0.29, 0.717) is 39.3 Å². The molecule has 2 heterocycles. The van der Waals surface area contributed by atoms with E-state index in [-0.39, 0.29) is 17.7 Å². The molecule has 1 atom stereocenters. The molecule has 1 N–H and O–H groups in total. The average molecular weight is 294 g/mol. The first kappa shape index (κ1) is 15.6. The van der Waals surface area contributed by atoms with Crippen LogP contribution in [-0.2, 0) is 20.9 Å². The first-order valence-electron chi connectivity index (χ1n) is 7.36. The van der Waals surface area contributed by atoms with Gasteiger partial charge in [0.2, 0.25) is 11.8 Å². The Morgan fingerprint density at radius 2 is 2.43 bits per heavy atom. The van der Waals surface area contributed by atoms with E-state index in [1.807, 2.05) is 19.1 Å². The topological polar surface area (TPSA) is 71.8 Å². The average Bonchev–Trinajstić information content (AvgIpc) is 3.11. The van der Waals surface area contributed by atoms with Gasteiger partial charge in [0.1, 0.15) is 12.4 Å². The van der Waals surface area contributed by atoms with Gasteiger partial charge in [0.15, 0.2) is 0 Å². The fraction of sp³-hybridized carbons (Fsp3) is 0.600. The van der Waals surface area contributed by atoms with Crippen LogP contribution in [0.3, 0.4) is 0 Å². The summed E-state index contributed by atoms with van der Waals surface area (Å²) in [5.41, 5.74) is 0. The molecule has 2 rings (SSSR count). The second-order valence-electron chi connectivity index (χ2n) is 5.11. The maximum absolute atomic E-state index is 11.9. The lowest BCUT2D eigenvalue weighted by Gasteiger charge is -2.13. The first-order valence-corrected chi connectivity index (χ1v) is 7.36. The van der Waals surface area contributed by atoms with Crippen LogP contribution in [0, 0.1) is 5.92 Å². The summed E-state index contributed by atoms with van der Waals surface area (Å²) >= 11 is 0. The minimum atomic E-state index is -0.207. The zero-order valence-electron chi connectivity index (χ0n) is 12.3. The Balaban J connectivity index is 1.54. The van der Waals surface area contributed by atoms with Crippen LogP contribution in [0.1, 0.15) is 25.5 Å². The van der Waals surface area contributed by atoms with Gasteiger partial charge in [-0.05, 0) is 25.5 Å². The number of furan rings is 1. The Bertz CT molecular complexity index is 458. The molecule has 0 bridgehead atoms. The molecule has 1 fully saturated rings. The highest BCUT2D eigenvalue weighted by molar-refractivity contribution is 5.89. The largest absolute Gasteiger partial charge is 0.467 e. The van der Waals surface area contributed by atoms with Crippen molar-refractivity contribution in [2.24, 2.45) is 5.92 Å². The zero-order chi connectivity index (χ0) is 15.1. The molecule has 2 amide bonds. The number of hydrogen-bond donors (Lipinski definition) is 1. The molecule has 1 aliphatic heterocycles. The van der Waals surface area contributed by atoms with E-state index in [1.165, 1.54) is 0 Å². The molecular formula is C15H22N2O4. The van der Waals surface area contributed by atoms with E-state index in [4.69, 9.17) is 9.15 Å². The lowest BCUT2D eigenvalue weighted by molar-refractivity contribution is -0.128. The quantitative estimate of drug-likeness (QED) is 0.731. The standard InChI is InChI=1S/C15H22N2O4/c1-2-17-10-12(9-14(17)18)15(19)16-6-4-7-20-11-13-5-3-8-21-13/h3,5,8,12H,2,4,6-7,9-11H2,1H3,(H,16,19)/t12-/m0/s1. The predicted octanol–water partition coefficient (Wildman–Crippen LogP) is 1.17. The van der Waals surface area contributed by atoms with Crippen LogP contribution in [0.4, 0.5) is 0 Å². The third-order valence-electron chi connectivity index (χ3n) is 3.56. The van der Waals surface area contributed by atoms with Crippen LogP contribution in [0.25, 0.3) is 0 Å². The van der Waals surface area contributed by atoms with Gasteiger partial charge in [-0.1, -0.05) is 0 Å². The van der Waals surface area contributed by atoms with Crippen molar-refractivity contribution in [1.82, 2.24) is 10.2 Å². The molecule has 1 aliphatic rings. The number of amides is 2.